The number of likely N-dealkylation sites (tertiary alicyclic amines) is 1. The average Bonchev–Trinajstić information content (AvgIpc) is 3.14. The van der Waals surface area contributed by atoms with Crippen LogP contribution in [0.2, 0.25) is 0 Å². The molecule has 1 unspecified atom stereocenters. The first-order chi connectivity index (χ1) is 16.7. The lowest BCUT2D eigenvalue weighted by Gasteiger charge is -2.42. The van der Waals surface area contributed by atoms with E-state index in [0.717, 1.165) is 18.9 Å². The molecule has 1 saturated carbocycles. The fourth-order valence-corrected chi connectivity index (χ4v) is 6.26. The van der Waals surface area contributed by atoms with Crippen molar-refractivity contribution in [3.63, 3.8) is 0 Å². The van der Waals surface area contributed by atoms with Crippen LogP contribution in [0, 0.1) is 5.41 Å². The molecule has 3 aliphatic heterocycles. The van der Waals surface area contributed by atoms with E-state index in [-0.39, 0.29) is 42.6 Å². The molecule has 7 nitrogen and oxygen atoms in total. The molecule has 1 aromatic rings. The predicted octanol–water partition coefficient (Wildman–Crippen LogP) is 4.17. The predicted molar refractivity (Wildman–Crippen MR) is 123 cm³/mol. The molecule has 1 N–H and O–H groups in total. The summed E-state index contributed by atoms with van der Waals surface area (Å²) in [4.78, 5) is 30.5. The zero-order valence-electron chi connectivity index (χ0n) is 19.7. The van der Waals surface area contributed by atoms with Crippen LogP contribution in [-0.4, -0.2) is 66.9 Å². The Morgan fingerprint density at radius 2 is 1.77 bits per heavy atom. The molecule has 192 valence electrons. The number of rotatable bonds is 3. The minimum absolute atomic E-state index is 0.0461. The van der Waals surface area contributed by atoms with Crippen LogP contribution >= 0.6 is 0 Å². The molecule has 4 fully saturated rings. The number of benzene rings is 1. The Bertz CT molecular complexity index is 979. The largest absolute Gasteiger partial charge is 0.449 e. The Morgan fingerprint density at radius 1 is 1.00 bits per heavy atom. The van der Waals surface area contributed by atoms with Gasteiger partial charge in [0.05, 0.1) is 23.7 Å². The summed E-state index contributed by atoms with van der Waals surface area (Å²) in [5.41, 5.74) is -1.25. The maximum Gasteiger partial charge on any atom is 0.418 e. The Hall–Kier alpha value is -2.49. The van der Waals surface area contributed by atoms with Gasteiger partial charge >= 0.3 is 12.3 Å². The van der Waals surface area contributed by atoms with Crippen LogP contribution < -0.4 is 9.80 Å². The molecular formula is C25H32F3N3O4. The number of anilines is 2. The fraction of sp³-hybridized carbons (Fsp3) is 0.680. The molecule has 1 spiro atoms. The van der Waals surface area contributed by atoms with Crippen LogP contribution in [-0.2, 0) is 15.7 Å². The lowest BCUT2D eigenvalue weighted by atomic mass is 9.78. The number of aliphatic hydroxyl groups is 1. The van der Waals surface area contributed by atoms with Crippen molar-refractivity contribution in [3.8, 4) is 0 Å². The zero-order valence-corrected chi connectivity index (χ0v) is 19.7. The number of halogens is 3. The van der Waals surface area contributed by atoms with Gasteiger partial charge in [-0.15, -0.1) is 0 Å². The molecule has 1 atom stereocenters. The number of piperidine rings is 1. The first kappa shape index (κ1) is 24.2. The number of ether oxygens (including phenoxy) is 1. The summed E-state index contributed by atoms with van der Waals surface area (Å²) < 4.78 is 47.5. The molecule has 4 aliphatic rings. The summed E-state index contributed by atoms with van der Waals surface area (Å²) in [6.45, 7) is 1.90. The molecule has 3 heterocycles. The van der Waals surface area contributed by atoms with Gasteiger partial charge in [-0.3, -0.25) is 9.69 Å². The van der Waals surface area contributed by atoms with E-state index in [4.69, 9.17) is 4.74 Å². The molecule has 0 bridgehead atoms. The molecule has 5 rings (SSSR count). The molecule has 2 amide bonds. The molecule has 3 saturated heterocycles. The second-order valence-corrected chi connectivity index (χ2v) is 10.3. The van der Waals surface area contributed by atoms with Gasteiger partial charge in [0, 0.05) is 43.6 Å². The van der Waals surface area contributed by atoms with Crippen LogP contribution in [0.15, 0.2) is 18.2 Å². The quantitative estimate of drug-likeness (QED) is 0.681. The summed E-state index contributed by atoms with van der Waals surface area (Å²) in [7, 11) is 0. The summed E-state index contributed by atoms with van der Waals surface area (Å²) >= 11 is 0. The van der Waals surface area contributed by atoms with E-state index in [1.807, 2.05) is 4.90 Å². The standard InChI is InChI=1S/C25H32F3N3O4/c26-25(27,28)20-15-18(31-12-2-14-35-23(31)34)5-8-21(20)29-11-1-9-24(16-29)10-13-30(22(24)33)17-3-6-19(32)7-4-17/h5,8,15,17,19,32H,1-4,6-7,9-14,16H2. The van der Waals surface area contributed by atoms with Crippen molar-refractivity contribution >= 4 is 23.4 Å². The van der Waals surface area contributed by atoms with E-state index in [2.05, 4.69) is 0 Å². The van der Waals surface area contributed by atoms with Gasteiger partial charge in [0.2, 0.25) is 5.91 Å². The normalized spacial score (nSPS) is 30.2. The number of carbonyl (C=O) groups is 2. The number of amides is 2. The van der Waals surface area contributed by atoms with Crippen molar-refractivity contribution in [1.29, 1.82) is 0 Å². The molecule has 0 radical (unpaired) electrons. The average molecular weight is 496 g/mol. The maximum absolute atomic E-state index is 14.2. The van der Waals surface area contributed by atoms with E-state index in [1.165, 1.54) is 17.0 Å². The second-order valence-electron chi connectivity index (χ2n) is 10.3. The number of nitrogens with zero attached hydrogens (tertiary/aromatic N) is 3. The van der Waals surface area contributed by atoms with Crippen LogP contribution in [0.3, 0.4) is 0 Å². The van der Waals surface area contributed by atoms with Gasteiger partial charge in [0.25, 0.3) is 0 Å². The van der Waals surface area contributed by atoms with E-state index in [1.54, 1.807) is 4.90 Å². The number of aliphatic hydroxyl groups excluding tert-OH is 1. The van der Waals surface area contributed by atoms with E-state index in [0.29, 0.717) is 58.2 Å². The van der Waals surface area contributed by atoms with Crippen LogP contribution in [0.25, 0.3) is 0 Å². The molecule has 10 heteroatoms. The lowest BCUT2D eigenvalue weighted by molar-refractivity contribution is -0.139. The van der Waals surface area contributed by atoms with Gasteiger partial charge in [-0.2, -0.15) is 13.2 Å². The van der Waals surface area contributed by atoms with Crippen molar-refractivity contribution in [3.05, 3.63) is 23.8 Å². The first-order valence-electron chi connectivity index (χ1n) is 12.6. The minimum Gasteiger partial charge on any atom is -0.449 e. The van der Waals surface area contributed by atoms with Crippen LogP contribution in [0.5, 0.6) is 0 Å². The Balaban J connectivity index is 1.39. The van der Waals surface area contributed by atoms with Gasteiger partial charge in [0.1, 0.15) is 0 Å². The highest BCUT2D eigenvalue weighted by Gasteiger charge is 2.51. The Kier molecular flexibility index (Phi) is 6.35. The van der Waals surface area contributed by atoms with Crippen molar-refractivity contribution in [2.45, 2.75) is 69.7 Å². The molecule has 1 aliphatic carbocycles. The third-order valence-corrected chi connectivity index (χ3v) is 8.14. The topological polar surface area (TPSA) is 73.3 Å². The summed E-state index contributed by atoms with van der Waals surface area (Å²) in [6, 6.07) is 4.10. The highest BCUT2D eigenvalue weighted by Crippen LogP contribution is 2.46. The zero-order chi connectivity index (χ0) is 24.8. The monoisotopic (exact) mass is 495 g/mol. The highest BCUT2D eigenvalue weighted by molar-refractivity contribution is 5.89. The second kappa shape index (κ2) is 9.19. The summed E-state index contributed by atoms with van der Waals surface area (Å²) in [5, 5.41) is 9.82. The number of hydrogen-bond donors (Lipinski definition) is 1. The number of carbonyl (C=O) groups excluding carboxylic acids is 2. The lowest BCUT2D eigenvalue weighted by Crippen LogP contribution is -2.50. The highest BCUT2D eigenvalue weighted by atomic mass is 19.4. The van der Waals surface area contributed by atoms with E-state index < -0.39 is 23.2 Å². The summed E-state index contributed by atoms with van der Waals surface area (Å²) in [5.74, 6) is 0.0461. The molecule has 35 heavy (non-hydrogen) atoms. The van der Waals surface area contributed by atoms with Crippen molar-refractivity contribution in [1.82, 2.24) is 4.90 Å². The number of hydrogen-bond acceptors (Lipinski definition) is 5. The minimum atomic E-state index is -4.61. The van der Waals surface area contributed by atoms with Crippen molar-refractivity contribution in [2.75, 3.05) is 42.6 Å². The van der Waals surface area contributed by atoms with Gasteiger partial charge in [0.15, 0.2) is 0 Å². The SMILES string of the molecule is O=C1OCCCN1c1ccc(N2CCCC3(CCN(C4CCC(O)CC4)C3=O)C2)c(C(F)(F)F)c1. The van der Waals surface area contributed by atoms with E-state index >= 15 is 0 Å². The third kappa shape index (κ3) is 4.57. The molecule has 0 aromatic heterocycles. The number of alkyl halides is 3. The first-order valence-corrected chi connectivity index (χ1v) is 12.6. The van der Waals surface area contributed by atoms with Gasteiger partial charge < -0.3 is 19.6 Å². The van der Waals surface area contributed by atoms with Gasteiger partial charge in [-0.1, -0.05) is 0 Å². The van der Waals surface area contributed by atoms with Gasteiger partial charge in [-0.05, 0) is 69.6 Å². The smallest absolute Gasteiger partial charge is 0.418 e. The van der Waals surface area contributed by atoms with Crippen LogP contribution in [0.1, 0.15) is 56.9 Å². The van der Waals surface area contributed by atoms with Crippen LogP contribution in [0.4, 0.5) is 29.3 Å². The van der Waals surface area contributed by atoms with Crippen molar-refractivity contribution in [2.24, 2.45) is 5.41 Å². The Labute approximate surface area is 202 Å². The Morgan fingerprint density at radius 3 is 2.49 bits per heavy atom. The van der Waals surface area contributed by atoms with E-state index in [9.17, 15) is 27.9 Å². The maximum atomic E-state index is 14.2. The number of cyclic esters (lactones) is 1. The fourth-order valence-electron chi connectivity index (χ4n) is 6.26. The van der Waals surface area contributed by atoms with Crippen molar-refractivity contribution < 1.29 is 32.6 Å². The van der Waals surface area contributed by atoms with Gasteiger partial charge in [-0.25, -0.2) is 4.79 Å². The molecular weight excluding hydrogens is 463 g/mol. The molecule has 1 aromatic carbocycles. The summed E-state index contributed by atoms with van der Waals surface area (Å²) in [6.07, 6.45) is -0.143. The third-order valence-electron chi connectivity index (χ3n) is 8.14.